The van der Waals surface area contributed by atoms with Crippen LogP contribution in [-0.2, 0) is 21.7 Å². The van der Waals surface area contributed by atoms with Gasteiger partial charge in [-0.2, -0.15) is 0 Å². The number of para-hydroxylation sites is 3. The Kier molecular flexibility index (Phi) is 15.3. The molecule has 0 aliphatic carbocycles. The van der Waals surface area contributed by atoms with E-state index >= 15 is 0 Å². The average Bonchev–Trinajstić information content (AvgIpc) is 1.09. The van der Waals surface area contributed by atoms with E-state index in [9.17, 15) is 0 Å². The van der Waals surface area contributed by atoms with Crippen LogP contribution in [0.4, 0.5) is 34.1 Å². The van der Waals surface area contributed by atoms with Gasteiger partial charge in [0.25, 0.3) is 6.71 Å². The summed E-state index contributed by atoms with van der Waals surface area (Å²) in [5.74, 6) is 0. The highest BCUT2D eigenvalue weighted by Crippen LogP contribution is 2.57. The van der Waals surface area contributed by atoms with Gasteiger partial charge in [0.1, 0.15) is 5.58 Å². The van der Waals surface area contributed by atoms with E-state index in [-0.39, 0.29) is 28.4 Å². The van der Waals surface area contributed by atoms with Gasteiger partial charge in [0.15, 0.2) is 5.58 Å². The number of hydrogen-bond donors (Lipinski definition) is 0. The fourth-order valence-electron chi connectivity index (χ4n) is 17.7. The second kappa shape index (κ2) is 24.8. The molecule has 0 amide bonds. The van der Waals surface area contributed by atoms with Crippen LogP contribution in [0.25, 0.3) is 132 Å². The van der Waals surface area contributed by atoms with Crippen molar-refractivity contribution in [2.24, 2.45) is 0 Å². The Morgan fingerprint density at radius 2 is 0.611 bits per heavy atom. The summed E-state index contributed by atoms with van der Waals surface area (Å²) < 4.78 is 7.83. The van der Waals surface area contributed by atoms with Gasteiger partial charge in [0.2, 0.25) is 0 Å². The van der Waals surface area contributed by atoms with E-state index in [1.165, 1.54) is 104 Å². The number of hydrogen-bond acceptors (Lipinski definition) is 3. The van der Waals surface area contributed by atoms with E-state index in [1.54, 1.807) is 0 Å². The van der Waals surface area contributed by atoms with E-state index in [2.05, 4.69) is 402 Å². The molecule has 0 radical (unpaired) electrons. The molecule has 108 heavy (non-hydrogen) atoms. The van der Waals surface area contributed by atoms with Gasteiger partial charge < -0.3 is 14.2 Å². The van der Waals surface area contributed by atoms with Crippen molar-refractivity contribution in [3.05, 3.63) is 332 Å². The highest BCUT2D eigenvalue weighted by molar-refractivity contribution is 7.00. The van der Waals surface area contributed by atoms with Crippen LogP contribution >= 0.6 is 0 Å². The minimum Gasteiger partial charge on any atom is -0.454 e. The number of furan rings is 1. The van der Waals surface area contributed by atoms with Crippen molar-refractivity contribution >= 4 is 122 Å². The summed E-state index contributed by atoms with van der Waals surface area (Å²) in [6.45, 7) is 28.0. The van der Waals surface area contributed by atoms with E-state index in [0.29, 0.717) is 0 Å². The standard InChI is InChI=1S/C104H87BN2O/c1-101(2,3)72-53-70(54-73(61-72)102(4,5)6)80-46-29-44-78(64-31-15-13-16-32-64)97(80)106-92-59-68(87-57-66-35-19-21-37-76(66)82-39-23-25-41-84(82)87)49-51-90(92)105-91-52-50-69(88-58-67-36-20-22-38-77(67)83-40-24-26-42-85(83)88)60-93(91)107(99-96(105)94(106)63-89-86-43-27-28-48-95(86)108-100(89)99)98-79(65-33-17-14-18-34-65)45-30-47-81(98)71-55-74(103(7,8)9)62-75(56-71)104(10,11)12/h13-63H,1-12H3. The maximum Gasteiger partial charge on any atom is 0.252 e. The first-order valence-corrected chi connectivity index (χ1v) is 38.5. The number of benzene rings is 16. The van der Waals surface area contributed by atoms with E-state index in [4.69, 9.17) is 4.42 Å². The predicted molar refractivity (Wildman–Crippen MR) is 465 cm³/mol. The molecule has 19 rings (SSSR count). The third-order valence-electron chi connectivity index (χ3n) is 23.4. The van der Waals surface area contributed by atoms with Gasteiger partial charge in [0, 0.05) is 50.1 Å². The van der Waals surface area contributed by atoms with Gasteiger partial charge in [-0.1, -0.05) is 356 Å². The maximum absolute atomic E-state index is 7.83. The van der Waals surface area contributed by atoms with E-state index < -0.39 is 0 Å². The van der Waals surface area contributed by atoms with Crippen LogP contribution in [0.15, 0.2) is 314 Å². The number of anilines is 6. The molecule has 4 heteroatoms. The molecule has 0 spiro atoms. The van der Waals surface area contributed by atoms with Crippen LogP contribution in [0.5, 0.6) is 0 Å². The Morgan fingerprint density at radius 1 is 0.241 bits per heavy atom. The quantitative estimate of drug-likeness (QED) is 0.112. The molecule has 3 heterocycles. The lowest BCUT2D eigenvalue weighted by Crippen LogP contribution is -2.61. The first-order valence-electron chi connectivity index (χ1n) is 38.5. The minimum absolute atomic E-state index is 0.155. The zero-order valence-corrected chi connectivity index (χ0v) is 63.8. The summed E-state index contributed by atoms with van der Waals surface area (Å²) in [6.07, 6.45) is 0. The smallest absolute Gasteiger partial charge is 0.252 e. The van der Waals surface area contributed by atoms with Gasteiger partial charge in [0.05, 0.1) is 17.1 Å². The summed E-state index contributed by atoms with van der Waals surface area (Å²) in [5, 5.41) is 11.9. The molecular formula is C104H87BN2O. The molecule has 0 N–H and O–H groups in total. The monoisotopic (exact) mass is 1390 g/mol. The summed E-state index contributed by atoms with van der Waals surface area (Å²) in [5.41, 5.74) is 30.1. The topological polar surface area (TPSA) is 19.6 Å². The van der Waals surface area contributed by atoms with E-state index in [1.807, 2.05) is 0 Å². The fourth-order valence-corrected chi connectivity index (χ4v) is 17.7. The molecule has 0 atom stereocenters. The van der Waals surface area contributed by atoms with E-state index in [0.717, 1.165) is 101 Å². The molecule has 16 aromatic carbocycles. The van der Waals surface area contributed by atoms with Crippen molar-refractivity contribution in [3.8, 4) is 66.8 Å². The minimum atomic E-state index is -0.317. The van der Waals surface area contributed by atoms with Crippen LogP contribution in [0, 0.1) is 0 Å². The number of rotatable bonds is 8. The summed E-state index contributed by atoms with van der Waals surface area (Å²) in [4.78, 5) is 5.42. The summed E-state index contributed by atoms with van der Waals surface area (Å²) in [7, 11) is 0. The maximum atomic E-state index is 7.83. The normalized spacial score (nSPS) is 13.1. The molecule has 0 unspecified atom stereocenters. The second-order valence-electron chi connectivity index (χ2n) is 34.4. The average molecular weight is 1390 g/mol. The molecule has 522 valence electrons. The fraction of sp³-hybridized carbons (Fsp3) is 0.154. The third-order valence-corrected chi connectivity index (χ3v) is 23.4. The van der Waals surface area contributed by atoms with Gasteiger partial charge in [-0.3, -0.25) is 0 Å². The molecule has 1 aromatic heterocycles. The van der Waals surface area contributed by atoms with Crippen LogP contribution in [-0.4, -0.2) is 6.71 Å². The van der Waals surface area contributed by atoms with Crippen molar-refractivity contribution in [2.75, 3.05) is 9.80 Å². The Bertz CT molecular complexity index is 6470. The highest BCUT2D eigenvalue weighted by Gasteiger charge is 2.47. The van der Waals surface area contributed by atoms with Gasteiger partial charge in [-0.25, -0.2) is 0 Å². The first-order chi connectivity index (χ1) is 52.1. The first kappa shape index (κ1) is 66.7. The molecule has 2 aliphatic rings. The largest absolute Gasteiger partial charge is 0.454 e. The highest BCUT2D eigenvalue weighted by atomic mass is 16.3. The SMILES string of the molecule is CC(C)(C)c1cc(-c2cccc(-c3ccccc3)c2N2c3cc(-c4cc5ccccc5c5ccccc45)ccc3B3c4ccc(-c5cc6ccccc6c6ccccc56)cc4N(c4c(-c5ccccc5)cccc4-c4cc(C(C)(C)C)cc(C(C)(C)C)c4)c4c3c2cc2c4oc3ccccc32)cc(C(C)(C)C)c1. The third kappa shape index (κ3) is 10.9. The predicted octanol–water partition coefficient (Wildman–Crippen LogP) is 27.5. The molecule has 0 saturated heterocycles. The van der Waals surface area contributed by atoms with Crippen molar-refractivity contribution in [1.82, 2.24) is 0 Å². The summed E-state index contributed by atoms with van der Waals surface area (Å²) >= 11 is 0. The van der Waals surface area contributed by atoms with Crippen LogP contribution < -0.4 is 26.2 Å². The molecule has 2 aliphatic heterocycles. The molecule has 3 nitrogen and oxygen atoms in total. The Morgan fingerprint density at radius 3 is 1.06 bits per heavy atom. The molecule has 0 bridgehead atoms. The lowest BCUT2D eigenvalue weighted by atomic mass is 9.33. The Labute approximate surface area is 635 Å². The van der Waals surface area contributed by atoms with Crippen molar-refractivity contribution < 1.29 is 4.42 Å². The molecule has 0 fully saturated rings. The van der Waals surface area contributed by atoms with Crippen molar-refractivity contribution in [2.45, 2.75) is 105 Å². The summed E-state index contributed by atoms with van der Waals surface area (Å²) in [6, 6.07) is 118. The molecule has 0 saturated carbocycles. The second-order valence-corrected chi connectivity index (χ2v) is 34.4. The lowest BCUT2D eigenvalue weighted by molar-refractivity contribution is 0.568. The molecule has 17 aromatic rings. The number of nitrogens with zero attached hydrogens (tertiary/aromatic N) is 2. The van der Waals surface area contributed by atoms with Crippen LogP contribution in [0.3, 0.4) is 0 Å². The van der Waals surface area contributed by atoms with Crippen LogP contribution in [0.2, 0.25) is 0 Å². The zero-order valence-electron chi connectivity index (χ0n) is 63.8. The van der Waals surface area contributed by atoms with Crippen molar-refractivity contribution in [1.29, 1.82) is 0 Å². The van der Waals surface area contributed by atoms with Gasteiger partial charge in [-0.05, 0) is 184 Å². The van der Waals surface area contributed by atoms with Crippen LogP contribution in [0.1, 0.15) is 105 Å². The Hall–Kier alpha value is -12.0. The van der Waals surface area contributed by atoms with Gasteiger partial charge in [-0.15, -0.1) is 0 Å². The van der Waals surface area contributed by atoms with Crippen molar-refractivity contribution in [3.63, 3.8) is 0 Å². The zero-order chi connectivity index (χ0) is 73.9. The molecular weight excluding hydrogens is 1300 g/mol. The Balaban J connectivity index is 1.02. The number of fused-ring (bicyclic) bond motifs is 14. The van der Waals surface area contributed by atoms with Gasteiger partial charge >= 0.3 is 0 Å². The lowest BCUT2D eigenvalue weighted by Gasteiger charge is -2.45.